The predicted molar refractivity (Wildman–Crippen MR) is 139 cm³/mol. The second-order valence-electron chi connectivity index (χ2n) is 9.14. The van der Waals surface area contributed by atoms with Crippen molar-refractivity contribution in [2.24, 2.45) is 5.92 Å². The Labute approximate surface area is 221 Å². The molecular formula is C27H30N2O8S. The summed E-state index contributed by atoms with van der Waals surface area (Å²) in [6, 6.07) is 14.0. The van der Waals surface area contributed by atoms with Gasteiger partial charge in [0.15, 0.2) is 29.2 Å². The fourth-order valence-corrected chi connectivity index (χ4v) is 5.71. The van der Waals surface area contributed by atoms with Gasteiger partial charge in [-0.05, 0) is 42.8 Å². The van der Waals surface area contributed by atoms with Crippen molar-refractivity contribution in [1.29, 1.82) is 0 Å². The van der Waals surface area contributed by atoms with E-state index < -0.39 is 16.3 Å². The minimum absolute atomic E-state index is 0.112. The van der Waals surface area contributed by atoms with Crippen LogP contribution in [0.15, 0.2) is 53.4 Å². The molecule has 0 saturated carbocycles. The Morgan fingerprint density at radius 3 is 2.11 bits per heavy atom. The van der Waals surface area contributed by atoms with Gasteiger partial charge in [-0.15, -0.1) is 4.83 Å². The van der Waals surface area contributed by atoms with Gasteiger partial charge in [-0.1, -0.05) is 24.6 Å². The molecule has 0 unspecified atom stereocenters. The van der Waals surface area contributed by atoms with Crippen molar-refractivity contribution in [3.63, 3.8) is 0 Å². The minimum Gasteiger partial charge on any atom is -0.493 e. The van der Waals surface area contributed by atoms with Crippen LogP contribution >= 0.6 is 0 Å². The van der Waals surface area contributed by atoms with Crippen LogP contribution in [0, 0.1) is 12.8 Å². The summed E-state index contributed by atoms with van der Waals surface area (Å²) in [5, 5.41) is 0. The average Bonchev–Trinajstić information content (AvgIpc) is 3.37. The van der Waals surface area contributed by atoms with E-state index in [1.54, 1.807) is 51.7 Å². The molecule has 0 spiro atoms. The molecule has 2 aliphatic rings. The van der Waals surface area contributed by atoms with Crippen molar-refractivity contribution in [3.8, 4) is 34.5 Å². The SMILES string of the molecule is COc1cc([C@@H]2c3cc4c(cc3O[C@H](NNS(=O)(=O)c3ccc(C)cc3)[C@H]2C)OCO4)cc(OC)c1OC. The first kappa shape index (κ1) is 26.0. The van der Waals surface area contributed by atoms with Gasteiger partial charge < -0.3 is 28.4 Å². The van der Waals surface area contributed by atoms with Crippen molar-refractivity contribution in [1.82, 2.24) is 10.3 Å². The van der Waals surface area contributed by atoms with Gasteiger partial charge in [-0.3, -0.25) is 0 Å². The first-order valence-electron chi connectivity index (χ1n) is 12.0. The highest BCUT2D eigenvalue weighted by atomic mass is 32.2. The minimum atomic E-state index is -3.84. The molecule has 10 nitrogen and oxygen atoms in total. The molecule has 2 heterocycles. The van der Waals surface area contributed by atoms with Gasteiger partial charge in [0.1, 0.15) is 5.75 Å². The lowest BCUT2D eigenvalue weighted by Crippen LogP contribution is -2.52. The summed E-state index contributed by atoms with van der Waals surface area (Å²) in [6.45, 7) is 3.98. The number of rotatable bonds is 8. The predicted octanol–water partition coefficient (Wildman–Crippen LogP) is 3.72. The number of benzene rings is 3. The van der Waals surface area contributed by atoms with Crippen LogP contribution < -0.4 is 38.7 Å². The lowest BCUT2D eigenvalue weighted by atomic mass is 9.78. The Kier molecular flexibility index (Phi) is 6.99. The molecule has 0 aromatic heterocycles. The highest BCUT2D eigenvalue weighted by Gasteiger charge is 2.39. The van der Waals surface area contributed by atoms with E-state index in [0.717, 1.165) is 16.7 Å². The van der Waals surface area contributed by atoms with E-state index in [9.17, 15) is 8.42 Å². The van der Waals surface area contributed by atoms with Crippen molar-refractivity contribution < 1.29 is 36.8 Å². The summed E-state index contributed by atoms with van der Waals surface area (Å²) in [5.74, 6) is 2.68. The van der Waals surface area contributed by atoms with Crippen LogP contribution in [0.25, 0.3) is 0 Å². The maximum absolute atomic E-state index is 13.0. The zero-order chi connectivity index (χ0) is 27.0. The van der Waals surface area contributed by atoms with E-state index >= 15 is 0 Å². The Morgan fingerprint density at radius 2 is 1.50 bits per heavy atom. The molecule has 2 aliphatic heterocycles. The third-order valence-corrected chi connectivity index (χ3v) is 8.09. The molecule has 0 bridgehead atoms. The molecule has 3 atom stereocenters. The fourth-order valence-electron chi connectivity index (χ4n) is 4.82. The summed E-state index contributed by atoms with van der Waals surface area (Å²) in [6.07, 6.45) is -0.729. The van der Waals surface area contributed by atoms with Crippen LogP contribution in [-0.2, 0) is 10.0 Å². The number of sulfonamides is 1. The Bertz CT molecular complexity index is 1420. The van der Waals surface area contributed by atoms with E-state index in [1.165, 1.54) is 0 Å². The van der Waals surface area contributed by atoms with E-state index in [-0.39, 0.29) is 23.5 Å². The maximum atomic E-state index is 13.0. The van der Waals surface area contributed by atoms with Gasteiger partial charge in [0.25, 0.3) is 10.0 Å². The van der Waals surface area contributed by atoms with Gasteiger partial charge in [0.2, 0.25) is 12.5 Å². The van der Waals surface area contributed by atoms with Crippen LogP contribution in [0.4, 0.5) is 0 Å². The first-order chi connectivity index (χ1) is 18.2. The second-order valence-corrected chi connectivity index (χ2v) is 10.8. The number of hydrogen-bond donors (Lipinski definition) is 2. The van der Waals surface area contributed by atoms with Gasteiger partial charge in [-0.2, -0.15) is 0 Å². The summed E-state index contributed by atoms with van der Waals surface area (Å²) >= 11 is 0. The lowest BCUT2D eigenvalue weighted by molar-refractivity contribution is 0.0736. The molecule has 2 N–H and O–H groups in total. The molecule has 3 aromatic carbocycles. The number of nitrogens with one attached hydrogen (secondary N) is 2. The molecule has 5 rings (SSSR count). The van der Waals surface area contributed by atoms with Crippen LogP contribution in [-0.4, -0.2) is 42.8 Å². The van der Waals surface area contributed by atoms with Gasteiger partial charge in [-0.25, -0.2) is 13.8 Å². The van der Waals surface area contributed by atoms with Crippen molar-refractivity contribution in [3.05, 3.63) is 65.2 Å². The molecule has 0 aliphatic carbocycles. The average molecular weight is 543 g/mol. The van der Waals surface area contributed by atoms with E-state index in [1.807, 2.05) is 32.0 Å². The maximum Gasteiger partial charge on any atom is 0.253 e. The molecule has 0 saturated heterocycles. The third-order valence-electron chi connectivity index (χ3n) is 6.81. The van der Waals surface area contributed by atoms with Crippen LogP contribution in [0.1, 0.15) is 29.5 Å². The molecule has 38 heavy (non-hydrogen) atoms. The topological polar surface area (TPSA) is 114 Å². The standard InChI is InChI=1S/C27H30N2O8S/c1-15-6-8-18(9-7-15)38(30,31)29-28-27-16(2)25(17-10-23(32-3)26(34-5)24(11-17)33-4)19-12-21-22(36-14-35-21)13-20(19)37-27/h6-13,16,25,27-29H,14H2,1-5H3/t16-,25+,27-/m0/s1. The number of ether oxygens (including phenoxy) is 6. The molecular weight excluding hydrogens is 512 g/mol. The highest BCUT2D eigenvalue weighted by Crippen LogP contribution is 2.51. The summed E-state index contributed by atoms with van der Waals surface area (Å²) in [4.78, 5) is 2.63. The molecule has 0 amide bonds. The van der Waals surface area contributed by atoms with E-state index in [2.05, 4.69) is 10.3 Å². The van der Waals surface area contributed by atoms with Crippen LogP contribution in [0.5, 0.6) is 34.5 Å². The third kappa shape index (κ3) is 4.68. The van der Waals surface area contributed by atoms with Gasteiger partial charge in [0.05, 0.1) is 26.2 Å². The largest absolute Gasteiger partial charge is 0.493 e. The van der Waals surface area contributed by atoms with Crippen LogP contribution in [0.3, 0.4) is 0 Å². The Morgan fingerprint density at radius 1 is 0.868 bits per heavy atom. The summed E-state index contributed by atoms with van der Waals surface area (Å²) in [7, 11) is 0.828. The number of hydrogen-bond acceptors (Lipinski definition) is 9. The first-order valence-corrected chi connectivity index (χ1v) is 13.5. The fraction of sp³-hybridized carbons (Fsp3) is 0.333. The van der Waals surface area contributed by atoms with E-state index in [4.69, 9.17) is 28.4 Å². The number of aryl methyl sites for hydroxylation is 1. The zero-order valence-corrected chi connectivity index (χ0v) is 22.5. The molecule has 0 fully saturated rings. The monoisotopic (exact) mass is 542 g/mol. The molecule has 0 radical (unpaired) electrons. The number of methoxy groups -OCH3 is 3. The Hall–Kier alpha value is -3.67. The normalized spacial score (nSPS) is 19.9. The van der Waals surface area contributed by atoms with Crippen molar-refractivity contribution in [2.45, 2.75) is 30.9 Å². The Balaban J connectivity index is 1.53. The van der Waals surface area contributed by atoms with Gasteiger partial charge >= 0.3 is 0 Å². The van der Waals surface area contributed by atoms with Gasteiger partial charge in [0, 0.05) is 23.5 Å². The quantitative estimate of drug-likeness (QED) is 0.411. The number of hydrazine groups is 1. The van der Waals surface area contributed by atoms with Crippen molar-refractivity contribution in [2.75, 3.05) is 28.1 Å². The summed E-state index contributed by atoms with van der Waals surface area (Å²) in [5.41, 5.74) is 5.58. The smallest absolute Gasteiger partial charge is 0.253 e. The summed E-state index contributed by atoms with van der Waals surface area (Å²) < 4.78 is 60.1. The lowest BCUT2D eigenvalue weighted by Gasteiger charge is -2.38. The second kappa shape index (κ2) is 10.2. The zero-order valence-electron chi connectivity index (χ0n) is 21.7. The highest BCUT2D eigenvalue weighted by molar-refractivity contribution is 7.89. The molecule has 202 valence electrons. The molecule has 3 aromatic rings. The molecule has 11 heteroatoms. The number of fused-ring (bicyclic) bond motifs is 2. The van der Waals surface area contributed by atoms with E-state index in [0.29, 0.717) is 34.5 Å². The van der Waals surface area contributed by atoms with Crippen molar-refractivity contribution >= 4 is 10.0 Å². The van der Waals surface area contributed by atoms with Crippen LogP contribution in [0.2, 0.25) is 0 Å².